The fraction of sp³-hybridized carbons (Fsp3) is 0.123. The van der Waals surface area contributed by atoms with Gasteiger partial charge in [0.1, 0.15) is 0 Å². The Labute approximate surface area is 340 Å². The zero-order valence-electron chi connectivity index (χ0n) is 32.9. The molecule has 1 fully saturated rings. The van der Waals surface area contributed by atoms with Gasteiger partial charge in [0.2, 0.25) is 0 Å². The summed E-state index contributed by atoms with van der Waals surface area (Å²) >= 11 is 0. The molecule has 1 aliphatic heterocycles. The number of nitrogens with zero attached hydrogens (tertiary/aromatic N) is 1. The predicted molar refractivity (Wildman–Crippen MR) is 248 cm³/mol. The molecule has 0 bridgehead atoms. The Morgan fingerprint density at radius 3 is 1.62 bits per heavy atom. The number of hydrogen-bond donors (Lipinski definition) is 0. The molecule has 0 saturated heterocycles. The van der Waals surface area contributed by atoms with Crippen molar-refractivity contribution in [2.45, 2.75) is 38.1 Å². The minimum atomic E-state index is 0.0337. The van der Waals surface area contributed by atoms with E-state index in [0.29, 0.717) is 11.8 Å². The second-order valence-electron chi connectivity index (χ2n) is 17.0. The minimum Gasteiger partial charge on any atom is -0.334 e. The van der Waals surface area contributed by atoms with Gasteiger partial charge in [-0.25, -0.2) is 0 Å². The van der Waals surface area contributed by atoms with Crippen molar-refractivity contribution in [3.8, 4) is 44.5 Å². The molecule has 10 aromatic carbocycles. The molecule has 1 saturated carbocycles. The SMILES string of the molecule is CC1CCC2c3cc(-c4cc(-c5ccccc5)c5ccc6c(-c7cccc8ccccc78)cc(-c7ccccc7)c7ccc4c5c76)ccc3N(c3ccccc3)C12C. The van der Waals surface area contributed by atoms with Crippen LogP contribution in [0.25, 0.3) is 87.6 Å². The molecule has 0 spiro atoms. The van der Waals surface area contributed by atoms with Gasteiger partial charge in [0.15, 0.2) is 0 Å². The second-order valence-corrected chi connectivity index (χ2v) is 17.0. The standard InChI is InChI=1S/C57H43N/c1-36-25-31-53-52-33-40(26-32-54(52)58(57(36,53)2)41-21-10-5-11-22-41)50-34-48(38-15-6-3-7-16-38)44-29-30-47-51(43-24-14-20-37-19-12-13-23-42(37)43)35-49(39-17-8-4-9-18-39)45-27-28-46(50)55(44)56(45)47/h3-24,26-30,32-36,53H,25,31H2,1-2H3. The van der Waals surface area contributed by atoms with E-state index in [-0.39, 0.29) is 5.54 Å². The van der Waals surface area contributed by atoms with Gasteiger partial charge in [-0.05, 0) is 155 Å². The highest BCUT2D eigenvalue weighted by Gasteiger charge is 2.55. The number of anilines is 2. The topological polar surface area (TPSA) is 3.24 Å². The van der Waals surface area contributed by atoms with Crippen molar-refractivity contribution in [2.24, 2.45) is 5.92 Å². The van der Waals surface area contributed by atoms with Gasteiger partial charge in [-0.1, -0.05) is 159 Å². The fourth-order valence-electron chi connectivity index (χ4n) is 11.3. The highest BCUT2D eigenvalue weighted by molar-refractivity contribution is 6.32. The Balaban J connectivity index is 1.18. The maximum Gasteiger partial charge on any atom is 0.0518 e. The third-order valence-corrected chi connectivity index (χ3v) is 14.2. The van der Waals surface area contributed by atoms with Crippen LogP contribution in [0.5, 0.6) is 0 Å². The number of fused-ring (bicyclic) bond motifs is 4. The van der Waals surface area contributed by atoms with Gasteiger partial charge in [-0.3, -0.25) is 0 Å². The summed E-state index contributed by atoms with van der Waals surface area (Å²) < 4.78 is 0. The van der Waals surface area contributed by atoms with Crippen LogP contribution in [-0.2, 0) is 0 Å². The molecule has 10 aromatic rings. The van der Waals surface area contributed by atoms with Crippen LogP contribution in [0.15, 0.2) is 188 Å². The van der Waals surface area contributed by atoms with Crippen LogP contribution in [0, 0.1) is 5.92 Å². The van der Waals surface area contributed by atoms with Crippen LogP contribution < -0.4 is 4.90 Å². The molecule has 0 N–H and O–H groups in total. The van der Waals surface area contributed by atoms with Crippen molar-refractivity contribution >= 4 is 54.5 Å². The normalized spacial score (nSPS) is 18.8. The highest BCUT2D eigenvalue weighted by atomic mass is 15.2. The molecule has 1 heteroatoms. The average molecular weight is 742 g/mol. The van der Waals surface area contributed by atoms with Crippen molar-refractivity contribution < 1.29 is 0 Å². The van der Waals surface area contributed by atoms with E-state index in [2.05, 4.69) is 207 Å². The summed E-state index contributed by atoms with van der Waals surface area (Å²) in [5, 5.41) is 10.4. The van der Waals surface area contributed by atoms with Crippen LogP contribution in [0.1, 0.15) is 38.2 Å². The Morgan fingerprint density at radius 1 is 0.431 bits per heavy atom. The first-order chi connectivity index (χ1) is 28.6. The molecule has 0 radical (unpaired) electrons. The van der Waals surface area contributed by atoms with Crippen molar-refractivity contribution in [3.05, 3.63) is 194 Å². The monoisotopic (exact) mass is 741 g/mol. The maximum atomic E-state index is 2.67. The third kappa shape index (κ3) is 4.71. The molecular weight excluding hydrogens is 699 g/mol. The molecule has 3 atom stereocenters. The van der Waals surface area contributed by atoms with E-state index < -0.39 is 0 Å². The first-order valence-electron chi connectivity index (χ1n) is 20.9. The zero-order chi connectivity index (χ0) is 38.5. The summed E-state index contributed by atoms with van der Waals surface area (Å²) in [6.07, 6.45) is 2.46. The second kappa shape index (κ2) is 12.7. The molecular formula is C57H43N. The van der Waals surface area contributed by atoms with E-state index in [1.165, 1.54) is 117 Å². The van der Waals surface area contributed by atoms with Gasteiger partial charge >= 0.3 is 0 Å². The Morgan fingerprint density at radius 2 is 0.966 bits per heavy atom. The van der Waals surface area contributed by atoms with E-state index in [0.717, 1.165) is 0 Å². The van der Waals surface area contributed by atoms with E-state index in [1.54, 1.807) is 0 Å². The Hall–Kier alpha value is -6.70. The summed E-state index contributed by atoms with van der Waals surface area (Å²) in [4.78, 5) is 2.67. The van der Waals surface area contributed by atoms with E-state index in [9.17, 15) is 0 Å². The summed E-state index contributed by atoms with van der Waals surface area (Å²) in [5.41, 5.74) is 14.3. The summed E-state index contributed by atoms with van der Waals surface area (Å²) in [6.45, 7) is 4.98. The first kappa shape index (κ1) is 33.4. The van der Waals surface area contributed by atoms with Gasteiger partial charge in [-0.15, -0.1) is 0 Å². The number of benzene rings is 10. The molecule has 58 heavy (non-hydrogen) atoms. The van der Waals surface area contributed by atoms with E-state index in [4.69, 9.17) is 0 Å². The largest absolute Gasteiger partial charge is 0.334 e. The van der Waals surface area contributed by atoms with Crippen molar-refractivity contribution in [2.75, 3.05) is 4.90 Å². The van der Waals surface area contributed by atoms with Gasteiger partial charge in [0.05, 0.1) is 5.54 Å². The highest BCUT2D eigenvalue weighted by Crippen LogP contribution is 2.61. The van der Waals surface area contributed by atoms with Crippen LogP contribution in [-0.4, -0.2) is 5.54 Å². The first-order valence-corrected chi connectivity index (χ1v) is 20.9. The van der Waals surface area contributed by atoms with Crippen LogP contribution in [0.2, 0.25) is 0 Å². The van der Waals surface area contributed by atoms with E-state index >= 15 is 0 Å². The van der Waals surface area contributed by atoms with Gasteiger partial charge in [-0.2, -0.15) is 0 Å². The van der Waals surface area contributed by atoms with Gasteiger partial charge in [0.25, 0.3) is 0 Å². The lowest BCUT2D eigenvalue weighted by atomic mass is 9.80. The minimum absolute atomic E-state index is 0.0337. The fourth-order valence-corrected chi connectivity index (χ4v) is 11.3. The zero-order valence-corrected chi connectivity index (χ0v) is 32.9. The number of hydrogen-bond acceptors (Lipinski definition) is 1. The van der Waals surface area contributed by atoms with Crippen LogP contribution in [0.3, 0.4) is 0 Å². The lowest BCUT2D eigenvalue weighted by molar-refractivity contribution is 0.355. The molecule has 0 aromatic heterocycles. The van der Waals surface area contributed by atoms with Crippen molar-refractivity contribution in [1.82, 2.24) is 0 Å². The molecule has 276 valence electrons. The molecule has 0 amide bonds. The lowest BCUT2D eigenvalue weighted by Crippen LogP contribution is -2.45. The summed E-state index contributed by atoms with van der Waals surface area (Å²) in [5.74, 6) is 1.06. The van der Waals surface area contributed by atoms with Gasteiger partial charge in [0, 0.05) is 17.3 Å². The van der Waals surface area contributed by atoms with Crippen LogP contribution >= 0.6 is 0 Å². The number of para-hydroxylation sites is 1. The van der Waals surface area contributed by atoms with E-state index in [1.807, 2.05) is 0 Å². The molecule has 3 unspecified atom stereocenters. The Bertz CT molecular complexity index is 3200. The smallest absolute Gasteiger partial charge is 0.0518 e. The Kier molecular flexibility index (Phi) is 7.29. The molecule has 2 aliphatic rings. The third-order valence-electron chi connectivity index (χ3n) is 14.2. The van der Waals surface area contributed by atoms with Crippen molar-refractivity contribution in [3.63, 3.8) is 0 Å². The average Bonchev–Trinajstić information content (AvgIpc) is 3.73. The molecule has 1 heterocycles. The quantitative estimate of drug-likeness (QED) is 0.159. The van der Waals surface area contributed by atoms with Gasteiger partial charge < -0.3 is 4.90 Å². The molecule has 1 nitrogen and oxygen atoms in total. The molecule has 12 rings (SSSR count). The lowest BCUT2D eigenvalue weighted by Gasteiger charge is -2.41. The maximum absolute atomic E-state index is 2.67. The van der Waals surface area contributed by atoms with Crippen molar-refractivity contribution in [1.29, 1.82) is 0 Å². The van der Waals surface area contributed by atoms with Crippen LogP contribution in [0.4, 0.5) is 11.4 Å². The predicted octanol–water partition coefficient (Wildman–Crippen LogP) is 15.8. The molecule has 1 aliphatic carbocycles. The number of rotatable bonds is 5. The summed E-state index contributed by atoms with van der Waals surface area (Å²) in [6, 6.07) is 70.7. The summed E-state index contributed by atoms with van der Waals surface area (Å²) in [7, 11) is 0.